The Bertz CT molecular complexity index is 759. The summed E-state index contributed by atoms with van der Waals surface area (Å²) in [6.45, 7) is 3.93. The summed E-state index contributed by atoms with van der Waals surface area (Å²) in [5.41, 5.74) is 7.18. The Morgan fingerprint density at radius 2 is 2.08 bits per heavy atom. The van der Waals surface area contributed by atoms with E-state index in [4.69, 9.17) is 10.5 Å². The number of ether oxygens (including phenoxy) is 1. The molecule has 1 atom stereocenters. The minimum Gasteiger partial charge on any atom is -0.465 e. The van der Waals surface area contributed by atoms with Crippen LogP contribution in [0.1, 0.15) is 18.2 Å². The molecule has 0 bridgehead atoms. The monoisotopic (exact) mass is 344 g/mol. The number of aryl methyl sites for hydroxylation is 1. The van der Waals surface area contributed by atoms with Gasteiger partial charge in [-0.1, -0.05) is 30.3 Å². The Morgan fingerprint density at radius 3 is 2.72 bits per heavy atom. The van der Waals surface area contributed by atoms with Crippen LogP contribution in [-0.4, -0.2) is 34.7 Å². The van der Waals surface area contributed by atoms with Gasteiger partial charge < -0.3 is 15.8 Å². The van der Waals surface area contributed by atoms with Gasteiger partial charge in [0.15, 0.2) is 5.82 Å². The number of carbonyl (C=O) groups is 1. The van der Waals surface area contributed by atoms with Gasteiger partial charge in [0.2, 0.25) is 0 Å². The Labute approximate surface area is 146 Å². The molecule has 0 radical (unpaired) electrons. The number of hydrogen-bond acceptors (Lipinski definition) is 6. The highest BCUT2D eigenvalue weighted by atomic mass is 16.5. The highest BCUT2D eigenvalue weighted by Gasteiger charge is 2.15. The Hall–Kier alpha value is -2.67. The van der Waals surface area contributed by atoms with E-state index in [1.165, 1.54) is 4.57 Å². The zero-order chi connectivity index (χ0) is 18.2. The van der Waals surface area contributed by atoms with Crippen LogP contribution >= 0.6 is 0 Å². The quantitative estimate of drug-likeness (QED) is 0.696. The van der Waals surface area contributed by atoms with E-state index in [-0.39, 0.29) is 30.6 Å². The van der Waals surface area contributed by atoms with Gasteiger partial charge in [-0.3, -0.25) is 14.2 Å². The zero-order valence-corrected chi connectivity index (χ0v) is 14.6. The molecular weight excluding hydrogens is 320 g/mol. The number of hydrogen-bond donors (Lipinski definition) is 2. The molecule has 7 nitrogen and oxygen atoms in total. The molecule has 25 heavy (non-hydrogen) atoms. The van der Waals surface area contributed by atoms with E-state index in [2.05, 4.69) is 10.3 Å². The first-order chi connectivity index (χ1) is 12.0. The fourth-order valence-corrected chi connectivity index (χ4v) is 2.49. The van der Waals surface area contributed by atoms with Gasteiger partial charge in [-0.2, -0.15) is 0 Å². The van der Waals surface area contributed by atoms with Crippen molar-refractivity contribution in [3.05, 3.63) is 58.1 Å². The fraction of sp³-hybridized carbons (Fsp3) is 0.389. The van der Waals surface area contributed by atoms with Crippen molar-refractivity contribution in [3.63, 3.8) is 0 Å². The normalized spacial score (nSPS) is 11.8. The van der Waals surface area contributed by atoms with Crippen molar-refractivity contribution in [2.45, 2.75) is 32.9 Å². The van der Waals surface area contributed by atoms with Crippen LogP contribution in [0.5, 0.6) is 0 Å². The molecule has 0 aliphatic carbocycles. The van der Waals surface area contributed by atoms with Gasteiger partial charge >= 0.3 is 5.97 Å². The van der Waals surface area contributed by atoms with Crippen molar-refractivity contribution in [3.8, 4) is 0 Å². The van der Waals surface area contributed by atoms with Gasteiger partial charge in [0.05, 0.1) is 6.61 Å². The van der Waals surface area contributed by atoms with E-state index in [1.54, 1.807) is 20.0 Å². The van der Waals surface area contributed by atoms with E-state index in [1.807, 2.05) is 30.3 Å². The van der Waals surface area contributed by atoms with Crippen LogP contribution in [-0.2, 0) is 22.5 Å². The zero-order valence-electron chi connectivity index (χ0n) is 14.6. The van der Waals surface area contributed by atoms with Crippen LogP contribution < -0.4 is 16.6 Å². The molecule has 2 rings (SSSR count). The maximum absolute atomic E-state index is 12.6. The molecular formula is C18H24N4O3. The molecule has 1 aromatic heterocycles. The molecule has 3 N–H and O–H groups in total. The van der Waals surface area contributed by atoms with Crippen LogP contribution in [0.3, 0.4) is 0 Å². The van der Waals surface area contributed by atoms with E-state index in [9.17, 15) is 9.59 Å². The number of anilines is 1. The van der Waals surface area contributed by atoms with Crippen LogP contribution in [0.25, 0.3) is 0 Å². The minimum atomic E-state index is -0.454. The number of nitrogens with zero attached hydrogens (tertiary/aromatic N) is 2. The molecule has 1 aromatic carbocycles. The number of carbonyl (C=O) groups excluding carboxylic acids is 1. The van der Waals surface area contributed by atoms with Crippen molar-refractivity contribution in [1.82, 2.24) is 9.55 Å². The van der Waals surface area contributed by atoms with Crippen molar-refractivity contribution < 1.29 is 9.53 Å². The highest BCUT2D eigenvalue weighted by molar-refractivity contribution is 5.69. The molecule has 0 fully saturated rings. The van der Waals surface area contributed by atoms with E-state index >= 15 is 0 Å². The summed E-state index contributed by atoms with van der Waals surface area (Å²) in [7, 11) is 0. The lowest BCUT2D eigenvalue weighted by atomic mass is 10.1. The van der Waals surface area contributed by atoms with Gasteiger partial charge in [-0.05, 0) is 25.8 Å². The predicted molar refractivity (Wildman–Crippen MR) is 96.5 cm³/mol. The molecule has 0 saturated heterocycles. The second-order valence-corrected chi connectivity index (χ2v) is 5.71. The number of rotatable bonds is 8. The van der Waals surface area contributed by atoms with E-state index in [0.717, 1.165) is 5.56 Å². The molecule has 0 aliphatic heterocycles. The van der Waals surface area contributed by atoms with E-state index < -0.39 is 5.97 Å². The molecule has 0 unspecified atom stereocenters. The van der Waals surface area contributed by atoms with Crippen LogP contribution in [0.15, 0.2) is 41.3 Å². The topological polar surface area (TPSA) is 99.2 Å². The molecule has 134 valence electrons. The smallest absolute Gasteiger partial charge is 0.326 e. The molecule has 1 heterocycles. The third-order valence-corrected chi connectivity index (χ3v) is 3.80. The Balaban J connectivity index is 2.18. The van der Waals surface area contributed by atoms with Gasteiger partial charge in [-0.25, -0.2) is 4.98 Å². The van der Waals surface area contributed by atoms with Gasteiger partial charge in [-0.15, -0.1) is 0 Å². The highest BCUT2D eigenvalue weighted by Crippen LogP contribution is 2.07. The minimum absolute atomic E-state index is 0.137. The number of esters is 1. The summed E-state index contributed by atoms with van der Waals surface area (Å²) >= 11 is 0. The third kappa shape index (κ3) is 5.15. The average Bonchev–Trinajstić information content (AvgIpc) is 2.61. The first kappa shape index (κ1) is 18.7. The van der Waals surface area contributed by atoms with Crippen LogP contribution in [0, 0.1) is 6.92 Å². The van der Waals surface area contributed by atoms with Crippen molar-refractivity contribution in [2.75, 3.05) is 18.5 Å². The van der Waals surface area contributed by atoms with Crippen LogP contribution in [0.2, 0.25) is 0 Å². The van der Waals surface area contributed by atoms with Gasteiger partial charge in [0.25, 0.3) is 5.56 Å². The maximum Gasteiger partial charge on any atom is 0.326 e. The second-order valence-electron chi connectivity index (χ2n) is 5.71. The molecule has 7 heteroatoms. The van der Waals surface area contributed by atoms with Crippen molar-refractivity contribution in [1.29, 1.82) is 0 Å². The first-order valence-electron chi connectivity index (χ1n) is 8.27. The third-order valence-electron chi connectivity index (χ3n) is 3.80. The summed E-state index contributed by atoms with van der Waals surface area (Å²) < 4.78 is 6.27. The lowest BCUT2D eigenvalue weighted by Gasteiger charge is -2.18. The second kappa shape index (κ2) is 8.98. The lowest BCUT2D eigenvalue weighted by Crippen LogP contribution is -2.36. The van der Waals surface area contributed by atoms with Crippen molar-refractivity contribution >= 4 is 11.8 Å². The molecule has 0 amide bonds. The molecule has 2 aromatic rings. The number of nitrogens with one attached hydrogen (secondary N) is 1. The number of benzene rings is 1. The predicted octanol–water partition coefficient (Wildman–Crippen LogP) is 1.10. The molecule has 0 spiro atoms. The van der Waals surface area contributed by atoms with Gasteiger partial charge in [0, 0.05) is 24.5 Å². The van der Waals surface area contributed by atoms with Gasteiger partial charge in [0.1, 0.15) is 6.54 Å². The molecule has 0 aliphatic rings. The summed E-state index contributed by atoms with van der Waals surface area (Å²) in [6, 6.07) is 9.74. The maximum atomic E-state index is 12.6. The molecule has 0 saturated carbocycles. The summed E-state index contributed by atoms with van der Waals surface area (Å²) in [5.74, 6) is -0.272. The lowest BCUT2D eigenvalue weighted by molar-refractivity contribution is -0.143. The fourth-order valence-electron chi connectivity index (χ4n) is 2.49. The van der Waals surface area contributed by atoms with Crippen molar-refractivity contribution in [2.24, 2.45) is 5.73 Å². The summed E-state index contributed by atoms with van der Waals surface area (Å²) in [6.07, 6.45) is 2.23. The van der Waals surface area contributed by atoms with E-state index in [0.29, 0.717) is 18.7 Å². The number of nitrogens with two attached hydrogens (primary N) is 1. The van der Waals surface area contributed by atoms with Crippen LogP contribution in [0.4, 0.5) is 5.82 Å². The Kier molecular flexibility index (Phi) is 6.71. The summed E-state index contributed by atoms with van der Waals surface area (Å²) in [4.78, 5) is 28.5. The first-order valence-corrected chi connectivity index (χ1v) is 8.27. The largest absolute Gasteiger partial charge is 0.465 e. The average molecular weight is 344 g/mol. The Morgan fingerprint density at radius 1 is 1.36 bits per heavy atom. The standard InChI is InChI=1S/C18H24N4O3/c1-3-25-16(23)12-22-13(2)11-20-17(18(22)24)21-15(10-19)9-14-7-5-4-6-8-14/h4-8,11,15H,3,9-10,12,19H2,1-2H3,(H,20,21)/t15-/m0/s1. The number of aromatic nitrogens is 2. The summed E-state index contributed by atoms with van der Waals surface area (Å²) in [5, 5.41) is 3.10. The SMILES string of the molecule is CCOC(=O)Cn1c(C)cnc(N[C@H](CN)Cc2ccccc2)c1=O.